The number of hydrogen-bond acceptors (Lipinski definition) is 3. The van der Waals surface area contributed by atoms with Crippen LogP contribution >= 0.6 is 0 Å². The Balaban J connectivity index is 1.09. The van der Waals surface area contributed by atoms with Gasteiger partial charge in [-0.2, -0.15) is 0 Å². The predicted molar refractivity (Wildman–Crippen MR) is 244 cm³/mol. The molecule has 0 amide bonds. The molecule has 0 aliphatic heterocycles. The molecule has 5 heteroatoms. The van der Waals surface area contributed by atoms with Crippen molar-refractivity contribution in [2.45, 2.75) is 0 Å². The molecular weight excluding hydrogens is 721 g/mol. The fraction of sp³-hybridized carbons (Fsp3) is 0. The van der Waals surface area contributed by atoms with Gasteiger partial charge in [-0.1, -0.05) is 146 Å². The van der Waals surface area contributed by atoms with E-state index in [4.69, 9.17) is 14.4 Å². The minimum Gasteiger partial charge on any atom is -0.455 e. The highest BCUT2D eigenvalue weighted by Crippen LogP contribution is 2.45. The lowest BCUT2D eigenvalue weighted by molar-refractivity contribution is 0.673. The van der Waals surface area contributed by atoms with Gasteiger partial charge in [0, 0.05) is 49.3 Å². The van der Waals surface area contributed by atoms with Gasteiger partial charge in [-0.05, 0) is 59.0 Å². The topological polar surface area (TPSA) is 48.8 Å². The van der Waals surface area contributed by atoms with Gasteiger partial charge in [0.25, 0.3) is 0 Å². The number of furan rings is 1. The fourth-order valence-corrected chi connectivity index (χ4v) is 9.55. The highest BCUT2D eigenvalue weighted by atomic mass is 16.3. The summed E-state index contributed by atoms with van der Waals surface area (Å²) in [6.45, 7) is 0. The highest BCUT2D eigenvalue weighted by molar-refractivity contribution is 6.29. The molecule has 5 nitrogen and oxygen atoms in total. The molecular formula is C54H32N4O. The van der Waals surface area contributed by atoms with E-state index >= 15 is 0 Å². The van der Waals surface area contributed by atoms with E-state index in [-0.39, 0.29) is 0 Å². The van der Waals surface area contributed by atoms with Gasteiger partial charge in [-0.15, -0.1) is 0 Å². The molecule has 13 aromatic rings. The maximum atomic E-state index is 7.17. The summed E-state index contributed by atoms with van der Waals surface area (Å²) in [5.41, 5.74) is 12.4. The molecule has 0 aliphatic carbocycles. The second-order valence-corrected chi connectivity index (χ2v) is 15.3. The summed E-state index contributed by atoms with van der Waals surface area (Å²) < 4.78 is 11.8. The first-order valence-corrected chi connectivity index (χ1v) is 20.0. The van der Waals surface area contributed by atoms with E-state index in [0.29, 0.717) is 5.95 Å². The molecule has 0 radical (unpaired) electrons. The standard InChI is InChI=1S/C54H32N4O/c1-3-15-33(16-4-1)35-27-29-46-42(31-35)37-20-10-13-25-44(37)57(46)48-32-49-50(38-21-8-7-19-36(38)48)41-28-30-47-51(53(41)59-49)40-23-11-14-26-45(40)58(47)54-55-43-24-12-9-22-39(43)52(56-54)34-17-5-2-6-18-34/h1-32H. The zero-order valence-corrected chi connectivity index (χ0v) is 31.7. The Morgan fingerprint density at radius 2 is 0.966 bits per heavy atom. The van der Waals surface area contributed by atoms with Gasteiger partial charge >= 0.3 is 0 Å². The summed E-state index contributed by atoms with van der Waals surface area (Å²) in [5, 5.41) is 10.1. The summed E-state index contributed by atoms with van der Waals surface area (Å²) in [4.78, 5) is 10.5. The smallest absolute Gasteiger partial charge is 0.235 e. The minimum absolute atomic E-state index is 0.624. The number of hydrogen-bond donors (Lipinski definition) is 0. The first kappa shape index (κ1) is 32.1. The summed E-state index contributed by atoms with van der Waals surface area (Å²) in [7, 11) is 0. The zero-order chi connectivity index (χ0) is 38.6. The van der Waals surface area contributed by atoms with Gasteiger partial charge in [0.2, 0.25) is 5.95 Å². The Bertz CT molecular complexity index is 3840. The van der Waals surface area contributed by atoms with Crippen molar-refractivity contribution in [3.05, 3.63) is 194 Å². The minimum atomic E-state index is 0.624. The normalized spacial score (nSPS) is 12.1. The maximum Gasteiger partial charge on any atom is 0.235 e. The summed E-state index contributed by atoms with van der Waals surface area (Å²) in [5.74, 6) is 0.624. The Kier molecular flexibility index (Phi) is 6.66. The lowest BCUT2D eigenvalue weighted by Crippen LogP contribution is -2.03. The van der Waals surface area contributed by atoms with Crippen molar-refractivity contribution < 1.29 is 4.42 Å². The lowest BCUT2D eigenvalue weighted by atomic mass is 10.0. The van der Waals surface area contributed by atoms with Crippen LogP contribution in [0.1, 0.15) is 0 Å². The van der Waals surface area contributed by atoms with Crippen LogP contribution in [0.15, 0.2) is 199 Å². The van der Waals surface area contributed by atoms with E-state index in [0.717, 1.165) is 93.4 Å². The monoisotopic (exact) mass is 752 g/mol. The predicted octanol–water partition coefficient (Wildman–Crippen LogP) is 14.2. The molecule has 0 saturated carbocycles. The number of fused-ring (bicyclic) bond motifs is 13. The molecule has 0 aliphatic rings. The Hall–Kier alpha value is -8.02. The van der Waals surface area contributed by atoms with Gasteiger partial charge in [0.1, 0.15) is 11.2 Å². The van der Waals surface area contributed by atoms with Gasteiger partial charge in [0.05, 0.1) is 44.4 Å². The van der Waals surface area contributed by atoms with Crippen molar-refractivity contribution in [2.75, 3.05) is 0 Å². The number of aromatic nitrogens is 4. The summed E-state index contributed by atoms with van der Waals surface area (Å²) in [6.07, 6.45) is 0. The molecule has 0 fully saturated rings. The van der Waals surface area contributed by atoms with Crippen LogP contribution in [0.3, 0.4) is 0 Å². The van der Waals surface area contributed by atoms with Gasteiger partial charge in [-0.3, -0.25) is 4.57 Å². The van der Waals surface area contributed by atoms with Gasteiger partial charge in [0.15, 0.2) is 0 Å². The molecule has 0 bridgehead atoms. The van der Waals surface area contributed by atoms with E-state index in [1.54, 1.807) is 0 Å². The van der Waals surface area contributed by atoms with Crippen LogP contribution in [0.5, 0.6) is 0 Å². The average Bonchev–Trinajstić information content (AvgIpc) is 3.96. The number of para-hydroxylation sites is 3. The van der Waals surface area contributed by atoms with Crippen LogP contribution in [0, 0.1) is 0 Å². The highest BCUT2D eigenvalue weighted by Gasteiger charge is 2.24. The molecule has 0 spiro atoms. The second kappa shape index (κ2) is 12.2. The fourth-order valence-electron chi connectivity index (χ4n) is 9.55. The SMILES string of the molecule is c1ccc(-c2ccc3c(c2)c2ccccc2n3-c2cc3oc4c(ccc5c4c4ccccc4n5-c4nc(-c5ccccc5)c5ccccc5n4)c3c3ccccc23)cc1. The Morgan fingerprint density at radius 1 is 0.356 bits per heavy atom. The maximum absolute atomic E-state index is 7.17. The Labute approximate surface area is 337 Å². The molecule has 0 atom stereocenters. The molecule has 0 N–H and O–H groups in total. The van der Waals surface area contributed by atoms with Crippen LogP contribution in [0.2, 0.25) is 0 Å². The van der Waals surface area contributed by atoms with Crippen molar-refractivity contribution in [3.63, 3.8) is 0 Å². The van der Waals surface area contributed by atoms with Gasteiger partial charge < -0.3 is 8.98 Å². The van der Waals surface area contributed by atoms with Crippen LogP contribution in [0.25, 0.3) is 121 Å². The van der Waals surface area contributed by atoms with Crippen molar-refractivity contribution in [3.8, 4) is 34.0 Å². The van der Waals surface area contributed by atoms with Crippen LogP contribution < -0.4 is 0 Å². The van der Waals surface area contributed by atoms with Crippen molar-refractivity contribution >= 4 is 87.2 Å². The molecule has 13 rings (SSSR count). The van der Waals surface area contributed by atoms with E-state index < -0.39 is 0 Å². The van der Waals surface area contributed by atoms with E-state index in [1.165, 1.54) is 21.9 Å². The third-order valence-electron chi connectivity index (χ3n) is 12.1. The van der Waals surface area contributed by atoms with Crippen LogP contribution in [0.4, 0.5) is 0 Å². The van der Waals surface area contributed by atoms with E-state index in [9.17, 15) is 0 Å². The molecule has 0 unspecified atom stereocenters. The zero-order valence-electron chi connectivity index (χ0n) is 31.7. The van der Waals surface area contributed by atoms with Crippen molar-refractivity contribution in [1.82, 2.24) is 19.1 Å². The third-order valence-corrected chi connectivity index (χ3v) is 12.1. The summed E-state index contributed by atoms with van der Waals surface area (Å²) in [6, 6.07) is 68.8. The number of benzene rings is 9. The lowest BCUT2D eigenvalue weighted by Gasteiger charge is -2.13. The first-order valence-electron chi connectivity index (χ1n) is 20.0. The second-order valence-electron chi connectivity index (χ2n) is 15.3. The van der Waals surface area contributed by atoms with Crippen molar-refractivity contribution in [2.24, 2.45) is 0 Å². The van der Waals surface area contributed by atoms with E-state index in [2.05, 4.69) is 191 Å². The first-order chi connectivity index (χ1) is 29.3. The molecule has 4 aromatic heterocycles. The van der Waals surface area contributed by atoms with Crippen LogP contribution in [-0.2, 0) is 0 Å². The molecule has 274 valence electrons. The summed E-state index contributed by atoms with van der Waals surface area (Å²) >= 11 is 0. The Morgan fingerprint density at radius 3 is 1.76 bits per heavy atom. The molecule has 59 heavy (non-hydrogen) atoms. The quantitative estimate of drug-likeness (QED) is 0.180. The number of nitrogens with zero attached hydrogens (tertiary/aromatic N) is 4. The molecule has 0 saturated heterocycles. The largest absolute Gasteiger partial charge is 0.455 e. The number of rotatable bonds is 4. The average molecular weight is 753 g/mol. The van der Waals surface area contributed by atoms with E-state index in [1.807, 2.05) is 12.1 Å². The molecule has 9 aromatic carbocycles. The molecule has 4 heterocycles. The van der Waals surface area contributed by atoms with Crippen LogP contribution in [-0.4, -0.2) is 19.1 Å². The van der Waals surface area contributed by atoms with Gasteiger partial charge in [-0.25, -0.2) is 9.97 Å². The third kappa shape index (κ3) is 4.61. The van der Waals surface area contributed by atoms with Crippen molar-refractivity contribution in [1.29, 1.82) is 0 Å².